The molecule has 0 aliphatic carbocycles. The van der Waals surface area contributed by atoms with E-state index >= 15 is 0 Å². The Morgan fingerprint density at radius 2 is 2.17 bits per heavy atom. The topological polar surface area (TPSA) is 46.2 Å². The fourth-order valence-electron chi connectivity index (χ4n) is 1.38. The Morgan fingerprint density at radius 1 is 1.50 bits per heavy atom. The largest absolute Gasteiger partial charge is 0.241 e. The van der Waals surface area contributed by atoms with Crippen molar-refractivity contribution < 1.29 is 12.8 Å². The fraction of sp³-hybridized carbons (Fsp3) is 0.455. The second kappa shape index (κ2) is 6.88. The summed E-state index contributed by atoms with van der Waals surface area (Å²) in [5.41, 5.74) is 0. The third-order valence-electron chi connectivity index (χ3n) is 2.29. The van der Waals surface area contributed by atoms with E-state index in [1.165, 1.54) is 6.07 Å². The Bertz CT molecular complexity index is 508. The van der Waals surface area contributed by atoms with E-state index in [-0.39, 0.29) is 15.4 Å². The lowest BCUT2D eigenvalue weighted by Gasteiger charge is -2.14. The van der Waals surface area contributed by atoms with Crippen molar-refractivity contribution in [1.82, 2.24) is 4.72 Å². The van der Waals surface area contributed by atoms with E-state index < -0.39 is 15.8 Å². The van der Waals surface area contributed by atoms with E-state index in [2.05, 4.69) is 20.7 Å². The Morgan fingerprint density at radius 3 is 2.72 bits per heavy atom. The van der Waals surface area contributed by atoms with Crippen LogP contribution in [0.1, 0.15) is 13.3 Å². The summed E-state index contributed by atoms with van der Waals surface area (Å²) in [6.45, 7) is 1.81. The van der Waals surface area contributed by atoms with Crippen LogP contribution >= 0.6 is 27.7 Å². The summed E-state index contributed by atoms with van der Waals surface area (Å²) in [6, 6.07) is 3.37. The van der Waals surface area contributed by atoms with Gasteiger partial charge in [-0.15, -0.1) is 0 Å². The van der Waals surface area contributed by atoms with Crippen molar-refractivity contribution in [1.29, 1.82) is 0 Å². The monoisotopic (exact) mass is 355 g/mol. The summed E-state index contributed by atoms with van der Waals surface area (Å²) in [4.78, 5) is 0.0555. The predicted octanol–water partition coefficient (Wildman–Crippen LogP) is 3.01. The van der Waals surface area contributed by atoms with E-state index in [1.54, 1.807) is 11.8 Å². The Balaban J connectivity index is 2.86. The third kappa shape index (κ3) is 4.53. The van der Waals surface area contributed by atoms with Crippen LogP contribution < -0.4 is 4.72 Å². The molecule has 102 valence electrons. The molecule has 0 heterocycles. The molecule has 0 fully saturated rings. The van der Waals surface area contributed by atoms with Gasteiger partial charge < -0.3 is 0 Å². The zero-order chi connectivity index (χ0) is 13.8. The first kappa shape index (κ1) is 15.9. The minimum Gasteiger partial charge on any atom is -0.208 e. The molecule has 1 aromatic carbocycles. The van der Waals surface area contributed by atoms with Gasteiger partial charge in [0.25, 0.3) is 0 Å². The zero-order valence-electron chi connectivity index (χ0n) is 10.1. The molecule has 0 aliphatic heterocycles. The number of rotatable bonds is 6. The minimum absolute atomic E-state index is 0.0555. The van der Waals surface area contributed by atoms with Gasteiger partial charge in [0.05, 0.1) is 4.90 Å². The van der Waals surface area contributed by atoms with Gasteiger partial charge in [-0.2, -0.15) is 11.8 Å². The molecule has 0 radical (unpaired) electrons. The lowest BCUT2D eigenvalue weighted by Crippen LogP contribution is -2.33. The SMILES string of the molecule is CSCCC(C)NS(=O)(=O)c1ccc(F)cc1Br. The highest BCUT2D eigenvalue weighted by Crippen LogP contribution is 2.23. The summed E-state index contributed by atoms with van der Waals surface area (Å²) in [7, 11) is -3.61. The molecular weight excluding hydrogens is 341 g/mol. The van der Waals surface area contributed by atoms with Gasteiger partial charge in [-0.05, 0) is 59.5 Å². The average molecular weight is 356 g/mol. The van der Waals surface area contributed by atoms with Gasteiger partial charge in [0.15, 0.2) is 0 Å². The zero-order valence-corrected chi connectivity index (χ0v) is 13.3. The van der Waals surface area contributed by atoms with Gasteiger partial charge >= 0.3 is 0 Å². The predicted molar refractivity (Wildman–Crippen MR) is 76.9 cm³/mol. The second-order valence-corrected chi connectivity index (χ2v) is 7.40. The van der Waals surface area contributed by atoms with Crippen molar-refractivity contribution in [3.63, 3.8) is 0 Å². The summed E-state index contributed by atoms with van der Waals surface area (Å²) in [5.74, 6) is 0.408. The maximum absolute atomic E-state index is 12.9. The number of halogens is 2. The average Bonchev–Trinajstić information content (AvgIpc) is 2.25. The van der Waals surface area contributed by atoms with Crippen molar-refractivity contribution in [2.45, 2.75) is 24.3 Å². The second-order valence-electron chi connectivity index (χ2n) is 3.88. The van der Waals surface area contributed by atoms with Gasteiger partial charge in [0, 0.05) is 10.5 Å². The van der Waals surface area contributed by atoms with E-state index in [1.807, 2.05) is 13.2 Å². The number of nitrogens with one attached hydrogen (secondary N) is 1. The normalized spacial score (nSPS) is 13.6. The standard InChI is InChI=1S/C11H15BrFNO2S2/c1-8(5-6-17-2)14-18(15,16)11-4-3-9(13)7-10(11)12/h3-4,7-8,14H,5-6H2,1-2H3. The molecule has 1 aromatic rings. The first-order valence-electron chi connectivity index (χ1n) is 5.33. The molecule has 1 N–H and O–H groups in total. The van der Waals surface area contributed by atoms with Crippen molar-refractivity contribution in [2.75, 3.05) is 12.0 Å². The van der Waals surface area contributed by atoms with Crippen LogP contribution in [0.15, 0.2) is 27.6 Å². The molecule has 18 heavy (non-hydrogen) atoms. The minimum atomic E-state index is -3.61. The van der Waals surface area contributed by atoms with Crippen LogP contribution in [-0.4, -0.2) is 26.5 Å². The Labute approximate surface area is 120 Å². The number of benzene rings is 1. The molecule has 1 unspecified atom stereocenters. The van der Waals surface area contributed by atoms with Crippen LogP contribution in [0.5, 0.6) is 0 Å². The van der Waals surface area contributed by atoms with E-state index in [0.29, 0.717) is 0 Å². The first-order chi connectivity index (χ1) is 8.36. The van der Waals surface area contributed by atoms with Crippen LogP contribution in [0, 0.1) is 5.82 Å². The third-order valence-corrected chi connectivity index (χ3v) is 5.50. The van der Waals surface area contributed by atoms with Gasteiger partial charge in [-0.1, -0.05) is 0 Å². The Hall–Kier alpha value is -0.110. The van der Waals surface area contributed by atoms with Crippen LogP contribution in [-0.2, 0) is 10.0 Å². The van der Waals surface area contributed by atoms with Crippen LogP contribution in [0.25, 0.3) is 0 Å². The summed E-state index contributed by atoms with van der Waals surface area (Å²) in [6.07, 6.45) is 2.72. The highest BCUT2D eigenvalue weighted by molar-refractivity contribution is 9.10. The molecule has 0 spiro atoms. The van der Waals surface area contributed by atoms with Crippen molar-refractivity contribution in [2.24, 2.45) is 0 Å². The van der Waals surface area contributed by atoms with Gasteiger partial charge in [-0.25, -0.2) is 17.5 Å². The fourth-order valence-corrected chi connectivity index (χ4v) is 4.29. The van der Waals surface area contributed by atoms with Crippen molar-refractivity contribution in [3.8, 4) is 0 Å². The number of thioether (sulfide) groups is 1. The quantitative estimate of drug-likeness (QED) is 0.852. The number of hydrogen-bond donors (Lipinski definition) is 1. The summed E-state index contributed by atoms with van der Waals surface area (Å²) >= 11 is 4.73. The first-order valence-corrected chi connectivity index (χ1v) is 9.00. The maximum Gasteiger partial charge on any atom is 0.241 e. The molecule has 0 amide bonds. The van der Waals surface area contributed by atoms with Crippen LogP contribution in [0.3, 0.4) is 0 Å². The summed E-state index contributed by atoms with van der Waals surface area (Å²) < 4.78 is 39.9. The van der Waals surface area contributed by atoms with Crippen LogP contribution in [0.2, 0.25) is 0 Å². The summed E-state index contributed by atoms with van der Waals surface area (Å²) in [5, 5.41) is 0. The highest BCUT2D eigenvalue weighted by atomic mass is 79.9. The van der Waals surface area contributed by atoms with E-state index in [9.17, 15) is 12.8 Å². The molecule has 0 saturated heterocycles. The van der Waals surface area contributed by atoms with E-state index in [0.717, 1.165) is 24.3 Å². The van der Waals surface area contributed by atoms with Gasteiger partial charge in [-0.3, -0.25) is 0 Å². The molecule has 0 bridgehead atoms. The molecular formula is C11H15BrFNO2S2. The smallest absolute Gasteiger partial charge is 0.208 e. The molecule has 1 atom stereocenters. The molecule has 0 saturated carbocycles. The number of hydrogen-bond acceptors (Lipinski definition) is 3. The lowest BCUT2D eigenvalue weighted by molar-refractivity contribution is 0.556. The van der Waals surface area contributed by atoms with Crippen LogP contribution in [0.4, 0.5) is 4.39 Å². The van der Waals surface area contributed by atoms with Crippen molar-refractivity contribution >= 4 is 37.7 Å². The molecule has 1 rings (SSSR count). The van der Waals surface area contributed by atoms with Gasteiger partial charge in [0.1, 0.15) is 5.82 Å². The lowest BCUT2D eigenvalue weighted by atomic mass is 10.3. The molecule has 7 heteroatoms. The Kier molecular flexibility index (Phi) is 6.10. The molecule has 0 aromatic heterocycles. The highest BCUT2D eigenvalue weighted by Gasteiger charge is 2.20. The maximum atomic E-state index is 12.9. The molecule has 3 nitrogen and oxygen atoms in total. The van der Waals surface area contributed by atoms with E-state index in [4.69, 9.17) is 0 Å². The molecule has 0 aliphatic rings. The number of sulfonamides is 1. The van der Waals surface area contributed by atoms with Gasteiger partial charge in [0.2, 0.25) is 10.0 Å². The van der Waals surface area contributed by atoms with Crippen molar-refractivity contribution in [3.05, 3.63) is 28.5 Å².